The van der Waals surface area contributed by atoms with E-state index in [2.05, 4.69) is 0 Å². The summed E-state index contributed by atoms with van der Waals surface area (Å²) in [7, 11) is 0. The van der Waals surface area contributed by atoms with Crippen molar-refractivity contribution in [2.75, 3.05) is 13.2 Å². The number of benzene rings is 2. The van der Waals surface area contributed by atoms with Crippen molar-refractivity contribution in [3.05, 3.63) is 71.8 Å². The molecular weight excluding hydrogens is 296 g/mol. The highest BCUT2D eigenvalue weighted by atomic mass is 16.5. The van der Waals surface area contributed by atoms with Crippen LogP contribution in [0.4, 0.5) is 0 Å². The highest BCUT2D eigenvalue weighted by Crippen LogP contribution is 2.23. The molecule has 23 heavy (non-hydrogen) atoms. The lowest BCUT2D eigenvalue weighted by atomic mass is 10.0. The highest BCUT2D eigenvalue weighted by molar-refractivity contribution is 5.20. The zero-order valence-electron chi connectivity index (χ0n) is 12.8. The van der Waals surface area contributed by atoms with Gasteiger partial charge in [-0.1, -0.05) is 60.7 Å². The largest absolute Gasteiger partial charge is 0.381 e. The molecule has 4 N–H and O–H groups in total. The molecule has 0 atom stereocenters. The van der Waals surface area contributed by atoms with E-state index < -0.39 is 11.6 Å². The van der Waals surface area contributed by atoms with Crippen LogP contribution in [0.15, 0.2) is 60.7 Å². The van der Waals surface area contributed by atoms with E-state index in [1.165, 1.54) is 0 Å². The van der Waals surface area contributed by atoms with Crippen LogP contribution in [0.5, 0.6) is 0 Å². The predicted molar refractivity (Wildman–Crippen MR) is 85.2 cm³/mol. The van der Waals surface area contributed by atoms with Crippen LogP contribution < -0.4 is 0 Å². The summed E-state index contributed by atoms with van der Waals surface area (Å²) < 4.78 is 5.31. The highest BCUT2D eigenvalue weighted by Gasteiger charge is 2.27. The van der Waals surface area contributed by atoms with Gasteiger partial charge < -0.3 is 25.2 Å². The van der Waals surface area contributed by atoms with Crippen LogP contribution >= 0.6 is 0 Å². The van der Waals surface area contributed by atoms with Crippen LogP contribution in [-0.2, 0) is 16.3 Å². The Morgan fingerprint density at radius 1 is 0.609 bits per heavy atom. The summed E-state index contributed by atoms with van der Waals surface area (Å²) in [5.41, 5.74) is 0.790. The minimum atomic E-state index is -1.96. The van der Waals surface area contributed by atoms with E-state index >= 15 is 0 Å². The standard InChI is InChI=1S/C18H22O5/c19-17(20,15-7-3-1-4-8-15)11-13-23-14-12-18(21,22)16-9-5-2-6-10-16/h1-10,19-22H,11-14H2. The van der Waals surface area contributed by atoms with Crippen LogP contribution in [0, 0.1) is 0 Å². The molecule has 0 fully saturated rings. The molecule has 0 aromatic heterocycles. The van der Waals surface area contributed by atoms with Crippen molar-refractivity contribution in [1.82, 2.24) is 0 Å². The molecule has 0 bridgehead atoms. The molecule has 124 valence electrons. The molecule has 0 saturated heterocycles. The first-order valence-corrected chi connectivity index (χ1v) is 7.50. The van der Waals surface area contributed by atoms with Crippen molar-refractivity contribution < 1.29 is 25.2 Å². The van der Waals surface area contributed by atoms with Crippen molar-refractivity contribution in [2.45, 2.75) is 24.4 Å². The summed E-state index contributed by atoms with van der Waals surface area (Å²) in [6.45, 7) is 0.180. The zero-order chi connectivity index (χ0) is 16.8. The minimum Gasteiger partial charge on any atom is -0.381 e. The molecule has 0 heterocycles. The van der Waals surface area contributed by atoms with Crippen molar-refractivity contribution in [2.24, 2.45) is 0 Å². The van der Waals surface area contributed by atoms with Gasteiger partial charge in [-0.2, -0.15) is 0 Å². The van der Waals surface area contributed by atoms with Gasteiger partial charge in [-0.15, -0.1) is 0 Å². The van der Waals surface area contributed by atoms with Gasteiger partial charge >= 0.3 is 0 Å². The SMILES string of the molecule is OC(O)(CCOCCC(O)(O)c1ccccc1)c1ccccc1. The molecule has 0 aliphatic carbocycles. The lowest BCUT2D eigenvalue weighted by Gasteiger charge is -2.24. The Morgan fingerprint density at radius 2 is 0.957 bits per heavy atom. The topological polar surface area (TPSA) is 90.2 Å². The summed E-state index contributed by atoms with van der Waals surface area (Å²) >= 11 is 0. The maximum atomic E-state index is 10.00. The number of ether oxygens (including phenoxy) is 1. The van der Waals surface area contributed by atoms with E-state index in [4.69, 9.17) is 4.74 Å². The van der Waals surface area contributed by atoms with Crippen LogP contribution in [0.2, 0.25) is 0 Å². The Labute approximate surface area is 135 Å². The van der Waals surface area contributed by atoms with Gasteiger partial charge in [0, 0.05) is 24.0 Å². The molecule has 0 aliphatic rings. The minimum absolute atomic E-state index is 0.00773. The van der Waals surface area contributed by atoms with Gasteiger partial charge in [0.2, 0.25) is 0 Å². The van der Waals surface area contributed by atoms with E-state index in [-0.39, 0.29) is 26.1 Å². The summed E-state index contributed by atoms with van der Waals surface area (Å²) in [6, 6.07) is 17.0. The molecule has 0 spiro atoms. The van der Waals surface area contributed by atoms with Gasteiger partial charge in [0.1, 0.15) is 0 Å². The lowest BCUT2D eigenvalue weighted by molar-refractivity contribution is -0.193. The van der Waals surface area contributed by atoms with Gasteiger partial charge in [-0.3, -0.25) is 0 Å². The first-order valence-electron chi connectivity index (χ1n) is 7.50. The Hall–Kier alpha value is -1.76. The van der Waals surface area contributed by atoms with Crippen molar-refractivity contribution in [3.8, 4) is 0 Å². The van der Waals surface area contributed by atoms with Crippen LogP contribution in [-0.4, -0.2) is 33.6 Å². The maximum absolute atomic E-state index is 10.00. The Kier molecular flexibility index (Phi) is 5.87. The first-order chi connectivity index (χ1) is 10.9. The molecular formula is C18H22O5. The van der Waals surface area contributed by atoms with E-state index in [1.807, 2.05) is 0 Å². The fourth-order valence-electron chi connectivity index (χ4n) is 2.23. The normalized spacial score (nSPS) is 12.3. The molecule has 5 nitrogen and oxygen atoms in total. The second-order valence-corrected chi connectivity index (χ2v) is 5.48. The molecule has 0 aliphatic heterocycles. The average Bonchev–Trinajstić information content (AvgIpc) is 2.56. The summed E-state index contributed by atoms with van der Waals surface area (Å²) in [5.74, 6) is -3.92. The third-order valence-corrected chi connectivity index (χ3v) is 3.66. The number of hydrogen-bond donors (Lipinski definition) is 4. The zero-order valence-corrected chi connectivity index (χ0v) is 12.8. The molecule has 0 amide bonds. The van der Waals surface area contributed by atoms with Crippen molar-refractivity contribution >= 4 is 0 Å². The third kappa shape index (κ3) is 5.13. The second kappa shape index (κ2) is 7.68. The monoisotopic (exact) mass is 318 g/mol. The van der Waals surface area contributed by atoms with Gasteiger partial charge in [0.05, 0.1) is 13.2 Å². The predicted octanol–water partition coefficient (Wildman–Crippen LogP) is 1.46. The molecule has 0 unspecified atom stereocenters. The number of rotatable bonds is 8. The fraction of sp³-hybridized carbons (Fsp3) is 0.333. The summed E-state index contributed by atoms with van der Waals surface area (Å²) in [6.07, 6.45) is -0.0155. The molecule has 0 radical (unpaired) electrons. The van der Waals surface area contributed by atoms with Gasteiger partial charge in [0.15, 0.2) is 11.6 Å². The Balaban J connectivity index is 1.76. The van der Waals surface area contributed by atoms with Crippen molar-refractivity contribution in [3.63, 3.8) is 0 Å². The van der Waals surface area contributed by atoms with E-state index in [0.29, 0.717) is 11.1 Å². The third-order valence-electron chi connectivity index (χ3n) is 3.66. The van der Waals surface area contributed by atoms with Crippen molar-refractivity contribution in [1.29, 1.82) is 0 Å². The van der Waals surface area contributed by atoms with Gasteiger partial charge in [-0.05, 0) is 0 Å². The smallest absolute Gasteiger partial charge is 0.191 e. The summed E-state index contributed by atoms with van der Waals surface area (Å²) in [5, 5.41) is 40.0. The maximum Gasteiger partial charge on any atom is 0.191 e. The second-order valence-electron chi connectivity index (χ2n) is 5.48. The Bertz CT molecular complexity index is 527. The molecule has 2 aromatic rings. The van der Waals surface area contributed by atoms with E-state index in [9.17, 15) is 20.4 Å². The molecule has 0 saturated carbocycles. The van der Waals surface area contributed by atoms with E-state index in [1.54, 1.807) is 60.7 Å². The average molecular weight is 318 g/mol. The van der Waals surface area contributed by atoms with Gasteiger partial charge in [0.25, 0.3) is 0 Å². The van der Waals surface area contributed by atoms with Crippen LogP contribution in [0.25, 0.3) is 0 Å². The molecule has 2 rings (SSSR count). The Morgan fingerprint density at radius 3 is 1.30 bits per heavy atom. The van der Waals surface area contributed by atoms with Crippen LogP contribution in [0.1, 0.15) is 24.0 Å². The quantitative estimate of drug-likeness (QED) is 0.437. The first kappa shape index (κ1) is 17.6. The lowest BCUT2D eigenvalue weighted by Crippen LogP contribution is -2.29. The number of hydrogen-bond acceptors (Lipinski definition) is 5. The van der Waals surface area contributed by atoms with Gasteiger partial charge in [-0.25, -0.2) is 0 Å². The molecule has 2 aromatic carbocycles. The number of aliphatic hydroxyl groups is 4. The fourth-order valence-corrected chi connectivity index (χ4v) is 2.23. The van der Waals surface area contributed by atoms with E-state index in [0.717, 1.165) is 0 Å². The molecule has 5 heteroatoms. The summed E-state index contributed by atoms with van der Waals surface area (Å²) in [4.78, 5) is 0. The van der Waals surface area contributed by atoms with Crippen LogP contribution in [0.3, 0.4) is 0 Å².